The van der Waals surface area contributed by atoms with E-state index in [9.17, 15) is 19.2 Å². The van der Waals surface area contributed by atoms with Crippen LogP contribution < -0.4 is 10.6 Å². The molecule has 1 saturated heterocycles. The van der Waals surface area contributed by atoms with Crippen molar-refractivity contribution < 1.29 is 19.2 Å². The molecule has 1 aliphatic carbocycles. The standard InChI is InChI=1S/C25H28BrN3O4S/c1-4-19(29-20(30)11-12-21(29)31)24(32)27-17-9-10-18(16-8-6-5-7-15(16)17)28-25(33)22-13(2)14(3)34-23(22)26/h5-8,17-19H,4,9-12H2,1-3H3,(H,27,32)(H,28,33). The Kier molecular flexibility index (Phi) is 7.23. The minimum absolute atomic E-state index is 0.117. The Bertz CT molecular complexity index is 1150. The van der Waals surface area contributed by atoms with Crippen molar-refractivity contribution >= 4 is 50.9 Å². The molecule has 2 aromatic rings. The number of likely N-dealkylation sites (tertiary alicyclic amines) is 1. The molecule has 4 amide bonds. The summed E-state index contributed by atoms with van der Waals surface area (Å²) in [6.45, 7) is 5.75. The van der Waals surface area contributed by atoms with Crippen LogP contribution in [0.3, 0.4) is 0 Å². The number of rotatable bonds is 6. The van der Waals surface area contributed by atoms with Crippen molar-refractivity contribution in [3.05, 3.63) is 55.2 Å². The zero-order chi connectivity index (χ0) is 24.6. The third-order valence-electron chi connectivity index (χ3n) is 6.77. The van der Waals surface area contributed by atoms with E-state index in [0.29, 0.717) is 24.8 Å². The highest BCUT2D eigenvalue weighted by Gasteiger charge is 2.39. The number of thiophene rings is 1. The van der Waals surface area contributed by atoms with E-state index >= 15 is 0 Å². The van der Waals surface area contributed by atoms with Gasteiger partial charge in [-0.3, -0.25) is 24.1 Å². The van der Waals surface area contributed by atoms with Gasteiger partial charge in [-0.05, 0) is 65.7 Å². The number of aryl methyl sites for hydroxylation is 1. The zero-order valence-corrected chi connectivity index (χ0v) is 21.8. The monoisotopic (exact) mass is 545 g/mol. The maximum Gasteiger partial charge on any atom is 0.254 e. The molecule has 7 nitrogen and oxygen atoms in total. The van der Waals surface area contributed by atoms with Crippen molar-refractivity contribution in [3.8, 4) is 0 Å². The first-order valence-electron chi connectivity index (χ1n) is 11.5. The maximum atomic E-state index is 13.1. The van der Waals surface area contributed by atoms with E-state index < -0.39 is 6.04 Å². The maximum absolute atomic E-state index is 13.1. The topological polar surface area (TPSA) is 95.6 Å². The number of benzene rings is 1. The Morgan fingerprint density at radius 2 is 1.62 bits per heavy atom. The number of imide groups is 1. The van der Waals surface area contributed by atoms with Crippen LogP contribution in [0.1, 0.15) is 83.0 Å². The third kappa shape index (κ3) is 4.55. The second-order valence-electron chi connectivity index (χ2n) is 8.81. The van der Waals surface area contributed by atoms with Crippen LogP contribution in [0, 0.1) is 13.8 Å². The lowest BCUT2D eigenvalue weighted by Gasteiger charge is -2.34. The molecule has 0 saturated carbocycles. The first-order valence-corrected chi connectivity index (χ1v) is 13.1. The second-order valence-corrected chi connectivity index (χ2v) is 11.3. The summed E-state index contributed by atoms with van der Waals surface area (Å²) in [7, 11) is 0. The summed E-state index contributed by atoms with van der Waals surface area (Å²) in [5.41, 5.74) is 3.55. The molecule has 3 unspecified atom stereocenters. The molecule has 2 N–H and O–H groups in total. The van der Waals surface area contributed by atoms with E-state index in [4.69, 9.17) is 0 Å². The highest BCUT2D eigenvalue weighted by atomic mass is 79.9. The van der Waals surface area contributed by atoms with Crippen molar-refractivity contribution in [1.82, 2.24) is 15.5 Å². The molecule has 0 radical (unpaired) electrons. The Balaban J connectivity index is 1.52. The molecular weight excluding hydrogens is 518 g/mol. The molecular formula is C25H28BrN3O4S. The molecule has 34 heavy (non-hydrogen) atoms. The minimum atomic E-state index is -0.797. The summed E-state index contributed by atoms with van der Waals surface area (Å²) in [6, 6.07) is 6.55. The van der Waals surface area contributed by atoms with Gasteiger partial charge in [-0.2, -0.15) is 0 Å². The lowest BCUT2D eigenvalue weighted by Crippen LogP contribution is -2.50. The minimum Gasteiger partial charge on any atom is -0.347 e. The van der Waals surface area contributed by atoms with Gasteiger partial charge in [0.05, 0.1) is 21.4 Å². The van der Waals surface area contributed by atoms with Crippen LogP contribution in [0.25, 0.3) is 0 Å². The van der Waals surface area contributed by atoms with Gasteiger partial charge in [0.1, 0.15) is 6.04 Å². The van der Waals surface area contributed by atoms with Crippen molar-refractivity contribution in [3.63, 3.8) is 0 Å². The normalized spacial score (nSPS) is 20.8. The average molecular weight is 546 g/mol. The Labute approximate surface area is 211 Å². The molecule has 4 rings (SSSR count). The lowest BCUT2D eigenvalue weighted by molar-refractivity contribution is -0.147. The van der Waals surface area contributed by atoms with E-state index in [2.05, 4.69) is 26.6 Å². The van der Waals surface area contributed by atoms with Crippen LogP contribution in [-0.4, -0.2) is 34.6 Å². The number of amides is 4. The smallest absolute Gasteiger partial charge is 0.254 e. The van der Waals surface area contributed by atoms with Gasteiger partial charge in [-0.25, -0.2) is 0 Å². The van der Waals surface area contributed by atoms with Crippen molar-refractivity contribution in [2.75, 3.05) is 0 Å². The Morgan fingerprint density at radius 1 is 1.06 bits per heavy atom. The van der Waals surface area contributed by atoms with Gasteiger partial charge in [0, 0.05) is 17.7 Å². The summed E-state index contributed by atoms with van der Waals surface area (Å²) >= 11 is 5.07. The zero-order valence-electron chi connectivity index (χ0n) is 19.4. The molecule has 1 aromatic heterocycles. The fourth-order valence-electron chi connectivity index (χ4n) is 4.86. The van der Waals surface area contributed by atoms with Crippen molar-refractivity contribution in [1.29, 1.82) is 0 Å². The van der Waals surface area contributed by atoms with E-state index in [1.54, 1.807) is 18.3 Å². The molecule has 3 atom stereocenters. The van der Waals surface area contributed by atoms with E-state index in [1.165, 1.54) is 0 Å². The fourth-order valence-corrected chi connectivity index (χ4v) is 6.94. The number of fused-ring (bicyclic) bond motifs is 1. The van der Waals surface area contributed by atoms with E-state index in [1.807, 2.05) is 38.1 Å². The van der Waals surface area contributed by atoms with Crippen LogP contribution in [-0.2, 0) is 14.4 Å². The molecule has 0 bridgehead atoms. The number of hydrogen-bond acceptors (Lipinski definition) is 5. The van der Waals surface area contributed by atoms with Gasteiger partial charge in [0.15, 0.2) is 0 Å². The third-order valence-corrected chi connectivity index (χ3v) is 8.65. The van der Waals surface area contributed by atoms with Crippen LogP contribution in [0.5, 0.6) is 0 Å². The number of halogens is 1. The van der Waals surface area contributed by atoms with E-state index in [-0.39, 0.29) is 48.6 Å². The molecule has 1 aliphatic heterocycles. The number of hydrogen-bond donors (Lipinski definition) is 2. The van der Waals surface area contributed by atoms with Crippen LogP contribution in [0.4, 0.5) is 0 Å². The average Bonchev–Trinajstić information content (AvgIpc) is 3.27. The largest absolute Gasteiger partial charge is 0.347 e. The first kappa shape index (κ1) is 24.6. The van der Waals surface area contributed by atoms with Gasteiger partial charge in [0.25, 0.3) is 5.91 Å². The second kappa shape index (κ2) is 10.00. The summed E-state index contributed by atoms with van der Waals surface area (Å²) in [5.74, 6) is -1.01. The molecule has 1 aromatic carbocycles. The quantitative estimate of drug-likeness (QED) is 0.523. The van der Waals surface area contributed by atoms with Crippen LogP contribution in [0.2, 0.25) is 0 Å². The molecule has 1 fully saturated rings. The van der Waals surface area contributed by atoms with Crippen LogP contribution >= 0.6 is 27.3 Å². The van der Waals surface area contributed by atoms with Crippen molar-refractivity contribution in [2.45, 2.75) is 71.0 Å². The number of nitrogens with one attached hydrogen (secondary N) is 2. The summed E-state index contributed by atoms with van der Waals surface area (Å²) < 4.78 is 0.825. The molecule has 9 heteroatoms. The number of carbonyl (C=O) groups is 4. The lowest BCUT2D eigenvalue weighted by atomic mass is 9.84. The molecule has 0 spiro atoms. The van der Waals surface area contributed by atoms with E-state index in [0.717, 1.165) is 30.3 Å². The fraction of sp³-hybridized carbons (Fsp3) is 0.440. The van der Waals surface area contributed by atoms with Gasteiger partial charge >= 0.3 is 0 Å². The Hall–Kier alpha value is -2.52. The predicted molar refractivity (Wildman–Crippen MR) is 133 cm³/mol. The molecule has 2 heterocycles. The highest BCUT2D eigenvalue weighted by molar-refractivity contribution is 9.11. The number of carbonyl (C=O) groups excluding carboxylic acids is 4. The highest BCUT2D eigenvalue weighted by Crippen LogP contribution is 2.38. The first-order chi connectivity index (χ1) is 16.2. The summed E-state index contributed by atoms with van der Waals surface area (Å²) in [5, 5.41) is 6.25. The summed E-state index contributed by atoms with van der Waals surface area (Å²) in [6.07, 6.45) is 1.98. The van der Waals surface area contributed by atoms with Gasteiger partial charge in [-0.1, -0.05) is 31.2 Å². The summed E-state index contributed by atoms with van der Waals surface area (Å²) in [4.78, 5) is 52.8. The van der Waals surface area contributed by atoms with Gasteiger partial charge in [0.2, 0.25) is 17.7 Å². The SMILES string of the molecule is CCC(C(=O)NC1CCC(NC(=O)c2c(Br)sc(C)c2C)c2ccccc21)N1C(=O)CCC1=O. The number of nitrogens with zero attached hydrogens (tertiary/aromatic N) is 1. The van der Waals surface area contributed by atoms with Crippen molar-refractivity contribution in [2.24, 2.45) is 0 Å². The molecule has 2 aliphatic rings. The molecule has 180 valence electrons. The van der Waals surface area contributed by atoms with Gasteiger partial charge < -0.3 is 10.6 Å². The Morgan fingerprint density at radius 3 is 2.12 bits per heavy atom. The predicted octanol–water partition coefficient (Wildman–Crippen LogP) is 4.48. The van der Waals surface area contributed by atoms with Crippen LogP contribution in [0.15, 0.2) is 28.1 Å². The van der Waals surface area contributed by atoms with Gasteiger partial charge in [-0.15, -0.1) is 11.3 Å².